The van der Waals surface area contributed by atoms with Gasteiger partial charge in [0, 0.05) is 18.8 Å². The van der Waals surface area contributed by atoms with Crippen LogP contribution >= 0.6 is 0 Å². The quantitative estimate of drug-likeness (QED) is 0.886. The van der Waals surface area contributed by atoms with Gasteiger partial charge in [-0.2, -0.15) is 5.26 Å². The van der Waals surface area contributed by atoms with Gasteiger partial charge >= 0.3 is 0 Å². The van der Waals surface area contributed by atoms with E-state index in [0.717, 1.165) is 13.1 Å². The number of hydrogen-bond acceptors (Lipinski definition) is 4. The molecule has 1 aromatic rings. The van der Waals surface area contributed by atoms with Crippen molar-refractivity contribution in [3.63, 3.8) is 0 Å². The van der Waals surface area contributed by atoms with Gasteiger partial charge in [0.25, 0.3) is 0 Å². The van der Waals surface area contributed by atoms with Crippen molar-refractivity contribution in [3.8, 4) is 6.07 Å². The number of benzene rings is 1. The first-order valence-electron chi connectivity index (χ1n) is 6.33. The molecular weight excluding hydrogens is 242 g/mol. The molecule has 5 nitrogen and oxygen atoms in total. The van der Waals surface area contributed by atoms with Gasteiger partial charge in [0.15, 0.2) is 0 Å². The van der Waals surface area contributed by atoms with Gasteiger partial charge in [-0.3, -0.25) is 9.69 Å². The molecule has 1 heterocycles. The standard InChI is InChI=1S/C14H17N3O2/c1-11(17-5-7-19-8-6-17)14(18)16-13-4-2-3-12(9-13)10-15/h2-4,9,11H,5-8H2,1H3,(H,16,18). The van der Waals surface area contributed by atoms with Gasteiger partial charge in [-0.15, -0.1) is 0 Å². The minimum atomic E-state index is -0.199. The summed E-state index contributed by atoms with van der Waals surface area (Å²) in [6, 6.07) is 8.78. The van der Waals surface area contributed by atoms with E-state index in [9.17, 15) is 4.79 Å². The van der Waals surface area contributed by atoms with Gasteiger partial charge in [-0.1, -0.05) is 6.07 Å². The monoisotopic (exact) mass is 259 g/mol. The Kier molecular flexibility index (Phi) is 4.50. The first-order chi connectivity index (χ1) is 9.20. The summed E-state index contributed by atoms with van der Waals surface area (Å²) in [4.78, 5) is 14.2. The summed E-state index contributed by atoms with van der Waals surface area (Å²) in [7, 11) is 0. The summed E-state index contributed by atoms with van der Waals surface area (Å²) in [5.41, 5.74) is 1.20. The Balaban J connectivity index is 1.97. The Hall–Kier alpha value is -1.90. The van der Waals surface area contributed by atoms with E-state index < -0.39 is 0 Å². The largest absolute Gasteiger partial charge is 0.379 e. The van der Waals surface area contributed by atoms with Gasteiger partial charge < -0.3 is 10.1 Å². The molecule has 1 aliphatic heterocycles. The molecule has 19 heavy (non-hydrogen) atoms. The van der Waals surface area contributed by atoms with Crippen LogP contribution < -0.4 is 5.32 Å². The minimum absolute atomic E-state index is 0.0583. The van der Waals surface area contributed by atoms with E-state index >= 15 is 0 Å². The number of hydrogen-bond donors (Lipinski definition) is 1. The van der Waals surface area contributed by atoms with Gasteiger partial charge in [-0.25, -0.2) is 0 Å². The van der Waals surface area contributed by atoms with Crippen LogP contribution in [0.5, 0.6) is 0 Å². The van der Waals surface area contributed by atoms with Gasteiger partial charge in [0.05, 0.1) is 30.9 Å². The molecule has 0 aliphatic carbocycles. The highest BCUT2D eigenvalue weighted by Crippen LogP contribution is 2.12. The summed E-state index contributed by atoms with van der Waals surface area (Å²) in [5, 5.41) is 11.7. The van der Waals surface area contributed by atoms with Crippen LogP contribution in [0.15, 0.2) is 24.3 Å². The predicted molar refractivity (Wildman–Crippen MR) is 71.6 cm³/mol. The molecule has 1 aliphatic rings. The zero-order chi connectivity index (χ0) is 13.7. The average Bonchev–Trinajstić information content (AvgIpc) is 2.47. The van der Waals surface area contributed by atoms with Crippen molar-refractivity contribution in [2.24, 2.45) is 0 Å². The van der Waals surface area contributed by atoms with E-state index in [2.05, 4.69) is 16.3 Å². The Labute approximate surface area is 112 Å². The number of rotatable bonds is 3. The fourth-order valence-corrected chi connectivity index (χ4v) is 2.04. The molecular formula is C14H17N3O2. The number of ether oxygens (including phenoxy) is 1. The number of carbonyl (C=O) groups excluding carboxylic acids is 1. The first-order valence-corrected chi connectivity index (χ1v) is 6.33. The molecule has 1 fully saturated rings. The summed E-state index contributed by atoms with van der Waals surface area (Å²) < 4.78 is 5.27. The van der Waals surface area contributed by atoms with E-state index in [4.69, 9.17) is 10.00 Å². The number of morpholine rings is 1. The highest BCUT2D eigenvalue weighted by Gasteiger charge is 2.23. The zero-order valence-corrected chi connectivity index (χ0v) is 10.9. The smallest absolute Gasteiger partial charge is 0.241 e. The van der Waals surface area contributed by atoms with E-state index in [1.165, 1.54) is 0 Å². The maximum Gasteiger partial charge on any atom is 0.241 e. The molecule has 0 bridgehead atoms. The molecule has 0 spiro atoms. The van der Waals surface area contributed by atoms with Crippen molar-refractivity contribution in [3.05, 3.63) is 29.8 Å². The van der Waals surface area contributed by atoms with Crippen LogP contribution in [0, 0.1) is 11.3 Å². The van der Waals surface area contributed by atoms with Crippen LogP contribution in [0.3, 0.4) is 0 Å². The van der Waals surface area contributed by atoms with Crippen LogP contribution in [0.1, 0.15) is 12.5 Å². The van der Waals surface area contributed by atoms with Crippen LogP contribution in [0.4, 0.5) is 5.69 Å². The molecule has 0 aromatic heterocycles. The van der Waals surface area contributed by atoms with Crippen molar-refractivity contribution in [1.82, 2.24) is 4.90 Å². The highest BCUT2D eigenvalue weighted by molar-refractivity contribution is 5.94. The molecule has 100 valence electrons. The molecule has 1 N–H and O–H groups in total. The molecule has 1 amide bonds. The molecule has 5 heteroatoms. The zero-order valence-electron chi connectivity index (χ0n) is 10.9. The Morgan fingerprint density at radius 1 is 1.47 bits per heavy atom. The predicted octanol–water partition coefficient (Wildman–Crippen LogP) is 1.22. The molecule has 1 atom stereocenters. The van der Waals surface area contributed by atoms with Crippen molar-refractivity contribution in [2.45, 2.75) is 13.0 Å². The minimum Gasteiger partial charge on any atom is -0.379 e. The first kappa shape index (κ1) is 13.5. The fourth-order valence-electron chi connectivity index (χ4n) is 2.04. The van der Waals surface area contributed by atoms with Crippen LogP contribution in [0.2, 0.25) is 0 Å². The van der Waals surface area contributed by atoms with Crippen molar-refractivity contribution in [1.29, 1.82) is 5.26 Å². The lowest BCUT2D eigenvalue weighted by Crippen LogP contribution is -2.47. The second-order valence-electron chi connectivity index (χ2n) is 4.51. The summed E-state index contributed by atoms with van der Waals surface area (Å²) in [5.74, 6) is -0.0583. The average molecular weight is 259 g/mol. The molecule has 1 unspecified atom stereocenters. The lowest BCUT2D eigenvalue weighted by molar-refractivity contribution is -0.122. The van der Waals surface area contributed by atoms with Crippen LogP contribution in [-0.4, -0.2) is 43.2 Å². The number of carbonyl (C=O) groups is 1. The van der Waals surface area contributed by atoms with E-state index in [0.29, 0.717) is 24.5 Å². The van der Waals surface area contributed by atoms with Crippen LogP contribution in [-0.2, 0) is 9.53 Å². The third kappa shape index (κ3) is 3.53. The highest BCUT2D eigenvalue weighted by atomic mass is 16.5. The number of anilines is 1. The number of nitrogens with zero attached hydrogens (tertiary/aromatic N) is 2. The number of amides is 1. The Morgan fingerprint density at radius 3 is 2.89 bits per heavy atom. The molecule has 1 saturated heterocycles. The third-order valence-electron chi connectivity index (χ3n) is 3.23. The summed E-state index contributed by atoms with van der Waals surface area (Å²) in [6.45, 7) is 4.76. The maximum atomic E-state index is 12.1. The SMILES string of the molecule is CC(C(=O)Nc1cccc(C#N)c1)N1CCOCC1. The van der Waals surface area contributed by atoms with E-state index in [1.807, 2.05) is 6.92 Å². The lowest BCUT2D eigenvalue weighted by atomic mass is 10.2. The Morgan fingerprint density at radius 2 is 2.21 bits per heavy atom. The number of nitrogens with one attached hydrogen (secondary N) is 1. The molecule has 0 radical (unpaired) electrons. The topological polar surface area (TPSA) is 65.4 Å². The van der Waals surface area contributed by atoms with Crippen molar-refractivity contribution in [2.75, 3.05) is 31.6 Å². The van der Waals surface area contributed by atoms with E-state index in [1.54, 1.807) is 24.3 Å². The van der Waals surface area contributed by atoms with Crippen LogP contribution in [0.25, 0.3) is 0 Å². The van der Waals surface area contributed by atoms with Crippen molar-refractivity contribution >= 4 is 11.6 Å². The van der Waals surface area contributed by atoms with Gasteiger partial charge in [0.2, 0.25) is 5.91 Å². The molecule has 0 saturated carbocycles. The molecule has 1 aromatic carbocycles. The Bertz CT molecular complexity index is 490. The maximum absolute atomic E-state index is 12.1. The normalized spacial score (nSPS) is 17.5. The summed E-state index contributed by atoms with van der Waals surface area (Å²) in [6.07, 6.45) is 0. The second-order valence-corrected chi connectivity index (χ2v) is 4.51. The van der Waals surface area contributed by atoms with Crippen molar-refractivity contribution < 1.29 is 9.53 Å². The van der Waals surface area contributed by atoms with Gasteiger partial charge in [0.1, 0.15) is 0 Å². The van der Waals surface area contributed by atoms with Gasteiger partial charge in [-0.05, 0) is 25.1 Å². The lowest BCUT2D eigenvalue weighted by Gasteiger charge is -2.31. The summed E-state index contributed by atoms with van der Waals surface area (Å²) >= 11 is 0. The number of nitriles is 1. The second kappa shape index (κ2) is 6.32. The fraction of sp³-hybridized carbons (Fsp3) is 0.429. The van der Waals surface area contributed by atoms with E-state index in [-0.39, 0.29) is 11.9 Å². The molecule has 2 rings (SSSR count). The third-order valence-corrected chi connectivity index (χ3v) is 3.23.